The molecule has 1 aliphatic rings. The molecule has 3 aromatic carbocycles. The molecule has 0 aromatic heterocycles. The van der Waals surface area contributed by atoms with Crippen LogP contribution in [0, 0.1) is 17.5 Å². The highest BCUT2D eigenvalue weighted by Gasteiger charge is 2.40. The van der Waals surface area contributed by atoms with Crippen molar-refractivity contribution in [2.45, 2.75) is 0 Å². The maximum atomic E-state index is 13.8. The van der Waals surface area contributed by atoms with Crippen LogP contribution >= 0.6 is 0 Å². The first-order valence-corrected chi connectivity index (χ1v) is 9.14. The van der Waals surface area contributed by atoms with E-state index in [0.717, 1.165) is 35.2 Å². The second-order valence-electron chi connectivity index (χ2n) is 6.65. The summed E-state index contributed by atoms with van der Waals surface area (Å²) in [7, 11) is 1.51. The van der Waals surface area contributed by atoms with Gasteiger partial charge in [0, 0.05) is 11.8 Å². The summed E-state index contributed by atoms with van der Waals surface area (Å²) in [5.74, 6) is -3.73. The summed E-state index contributed by atoms with van der Waals surface area (Å²) in [5, 5.41) is 2.91. The van der Waals surface area contributed by atoms with Crippen LogP contribution in [0.2, 0.25) is 0 Å². The number of carbonyl (C=O) groups is 2. The van der Waals surface area contributed by atoms with Gasteiger partial charge in [-0.1, -0.05) is 12.1 Å². The summed E-state index contributed by atoms with van der Waals surface area (Å²) in [5.41, 5.74) is 0.557. The number of hydrogen-bond donors (Lipinski definition) is 1. The van der Waals surface area contributed by atoms with Crippen LogP contribution in [-0.2, 0) is 9.59 Å². The molecule has 0 saturated heterocycles. The monoisotopic (exact) mass is 424 g/mol. The number of rotatable bonds is 5. The van der Waals surface area contributed by atoms with Crippen molar-refractivity contribution in [3.63, 3.8) is 0 Å². The highest BCUT2D eigenvalue weighted by Crippen LogP contribution is 2.34. The maximum absolute atomic E-state index is 13.8. The van der Waals surface area contributed by atoms with E-state index in [1.807, 2.05) is 0 Å². The van der Waals surface area contributed by atoms with Crippen LogP contribution in [0.1, 0.15) is 5.56 Å². The van der Waals surface area contributed by atoms with E-state index in [1.54, 1.807) is 24.3 Å². The molecule has 3 aromatic rings. The molecular weight excluding hydrogens is 409 g/mol. The summed E-state index contributed by atoms with van der Waals surface area (Å²) in [4.78, 5) is 27.1. The maximum Gasteiger partial charge on any atom is 0.282 e. The molecule has 0 bridgehead atoms. The first-order valence-electron chi connectivity index (χ1n) is 9.14. The van der Waals surface area contributed by atoms with Gasteiger partial charge < -0.3 is 10.1 Å². The Morgan fingerprint density at radius 3 is 2.10 bits per heavy atom. The second-order valence-corrected chi connectivity index (χ2v) is 6.65. The van der Waals surface area contributed by atoms with Crippen LogP contribution in [0.5, 0.6) is 5.75 Å². The number of halogens is 3. The van der Waals surface area contributed by atoms with Crippen molar-refractivity contribution in [2.75, 3.05) is 17.3 Å². The molecule has 0 atom stereocenters. The zero-order chi connectivity index (χ0) is 22.1. The zero-order valence-electron chi connectivity index (χ0n) is 16.2. The number of nitrogens with one attached hydrogen (secondary N) is 1. The minimum absolute atomic E-state index is 0.0226. The molecule has 1 heterocycles. The van der Waals surface area contributed by atoms with Gasteiger partial charge in [-0.15, -0.1) is 0 Å². The fraction of sp³-hybridized carbons (Fsp3) is 0.0435. The Labute approximate surface area is 175 Å². The van der Waals surface area contributed by atoms with Gasteiger partial charge in [0.25, 0.3) is 11.8 Å². The average Bonchev–Trinajstić information content (AvgIpc) is 3.01. The molecule has 2 amide bonds. The van der Waals surface area contributed by atoms with E-state index < -0.39 is 29.3 Å². The van der Waals surface area contributed by atoms with Crippen molar-refractivity contribution in [1.29, 1.82) is 0 Å². The van der Waals surface area contributed by atoms with E-state index in [-0.39, 0.29) is 17.0 Å². The van der Waals surface area contributed by atoms with Crippen LogP contribution in [0.15, 0.2) is 72.4 Å². The average molecular weight is 424 g/mol. The SMILES string of the molecule is COc1ccc(NC2=C(c3ccc(F)cc3)C(=O)N(c3ccc(F)c(F)c3)C2=O)cc1. The summed E-state index contributed by atoms with van der Waals surface area (Å²) in [6.07, 6.45) is 0. The van der Waals surface area contributed by atoms with Crippen LogP contribution in [0.25, 0.3) is 5.57 Å². The number of methoxy groups -OCH3 is 1. The number of imide groups is 1. The zero-order valence-corrected chi connectivity index (χ0v) is 16.2. The first-order chi connectivity index (χ1) is 14.9. The summed E-state index contributed by atoms with van der Waals surface area (Å²) in [6.45, 7) is 0. The lowest BCUT2D eigenvalue weighted by Crippen LogP contribution is -2.32. The van der Waals surface area contributed by atoms with Crippen molar-refractivity contribution in [1.82, 2.24) is 0 Å². The Balaban J connectivity index is 1.80. The molecule has 0 saturated carbocycles. The van der Waals surface area contributed by atoms with Crippen LogP contribution in [-0.4, -0.2) is 18.9 Å². The van der Waals surface area contributed by atoms with Crippen molar-refractivity contribution in [3.05, 3.63) is 95.4 Å². The molecule has 1 aliphatic heterocycles. The van der Waals surface area contributed by atoms with Crippen molar-refractivity contribution in [3.8, 4) is 5.75 Å². The van der Waals surface area contributed by atoms with Gasteiger partial charge in [0.2, 0.25) is 0 Å². The molecule has 156 valence electrons. The van der Waals surface area contributed by atoms with Crippen LogP contribution in [0.3, 0.4) is 0 Å². The normalized spacial score (nSPS) is 13.7. The van der Waals surface area contributed by atoms with E-state index in [4.69, 9.17) is 4.74 Å². The Morgan fingerprint density at radius 2 is 1.48 bits per heavy atom. The van der Waals surface area contributed by atoms with Gasteiger partial charge in [-0.25, -0.2) is 18.1 Å². The number of nitrogens with zero attached hydrogens (tertiary/aromatic N) is 1. The first kappa shape index (κ1) is 20.2. The standard InChI is InChI=1S/C23H15F3N2O3/c1-31-17-9-6-15(7-10-17)27-21-20(13-2-4-14(24)5-3-13)22(29)28(23(21)30)16-8-11-18(25)19(26)12-16/h2-12,27H,1H3. The van der Waals surface area contributed by atoms with Gasteiger partial charge in [-0.2, -0.15) is 0 Å². The predicted molar refractivity (Wildman–Crippen MR) is 109 cm³/mol. The lowest BCUT2D eigenvalue weighted by Gasteiger charge is -2.15. The minimum atomic E-state index is -1.20. The summed E-state index contributed by atoms with van der Waals surface area (Å²) in [6, 6.07) is 14.4. The number of carbonyl (C=O) groups excluding carboxylic acids is 2. The van der Waals surface area contributed by atoms with E-state index in [1.165, 1.54) is 19.2 Å². The Hall–Kier alpha value is -4.07. The van der Waals surface area contributed by atoms with Gasteiger partial charge in [0.05, 0.1) is 18.4 Å². The number of anilines is 2. The topological polar surface area (TPSA) is 58.6 Å². The van der Waals surface area contributed by atoms with Gasteiger partial charge in [-0.3, -0.25) is 9.59 Å². The quantitative estimate of drug-likeness (QED) is 0.613. The molecule has 4 rings (SSSR count). The van der Waals surface area contributed by atoms with Crippen molar-refractivity contribution < 1.29 is 27.5 Å². The molecule has 8 heteroatoms. The Morgan fingerprint density at radius 1 is 0.806 bits per heavy atom. The molecule has 0 radical (unpaired) electrons. The number of amides is 2. The van der Waals surface area contributed by atoms with E-state index in [9.17, 15) is 22.8 Å². The van der Waals surface area contributed by atoms with Gasteiger partial charge in [0.1, 0.15) is 17.3 Å². The van der Waals surface area contributed by atoms with Crippen LogP contribution < -0.4 is 15.0 Å². The molecular formula is C23H15F3N2O3. The molecule has 1 N–H and O–H groups in total. The van der Waals surface area contributed by atoms with Crippen molar-refractivity contribution >= 4 is 28.8 Å². The van der Waals surface area contributed by atoms with Gasteiger partial charge >= 0.3 is 0 Å². The highest BCUT2D eigenvalue weighted by molar-refractivity contribution is 6.46. The highest BCUT2D eigenvalue weighted by atomic mass is 19.2. The molecule has 31 heavy (non-hydrogen) atoms. The smallest absolute Gasteiger partial charge is 0.282 e. The predicted octanol–water partition coefficient (Wildman–Crippen LogP) is 4.51. The van der Waals surface area contributed by atoms with Gasteiger partial charge in [-0.05, 0) is 54.1 Å². The molecule has 0 spiro atoms. The number of benzene rings is 3. The van der Waals surface area contributed by atoms with Crippen LogP contribution in [0.4, 0.5) is 24.5 Å². The Kier molecular flexibility index (Phi) is 5.21. The number of ether oxygens (including phenoxy) is 1. The van der Waals surface area contributed by atoms with E-state index in [2.05, 4.69) is 5.32 Å². The summed E-state index contributed by atoms with van der Waals surface area (Å²) >= 11 is 0. The molecule has 5 nitrogen and oxygen atoms in total. The molecule has 0 unspecified atom stereocenters. The fourth-order valence-corrected chi connectivity index (χ4v) is 3.21. The van der Waals surface area contributed by atoms with Crippen molar-refractivity contribution in [2.24, 2.45) is 0 Å². The fourth-order valence-electron chi connectivity index (χ4n) is 3.21. The lowest BCUT2D eigenvalue weighted by molar-refractivity contribution is -0.120. The largest absolute Gasteiger partial charge is 0.497 e. The second kappa shape index (κ2) is 7.98. The minimum Gasteiger partial charge on any atom is -0.497 e. The Bertz CT molecular complexity index is 1210. The third kappa shape index (κ3) is 3.75. The third-order valence-corrected chi connectivity index (χ3v) is 4.74. The molecule has 0 fully saturated rings. The lowest BCUT2D eigenvalue weighted by atomic mass is 10.0. The van der Waals surface area contributed by atoms with E-state index in [0.29, 0.717) is 17.0 Å². The number of hydrogen-bond acceptors (Lipinski definition) is 4. The van der Waals surface area contributed by atoms with Gasteiger partial charge in [0.15, 0.2) is 11.6 Å². The summed E-state index contributed by atoms with van der Waals surface area (Å²) < 4.78 is 45.6. The molecule has 0 aliphatic carbocycles. The third-order valence-electron chi connectivity index (χ3n) is 4.74. The van der Waals surface area contributed by atoms with E-state index >= 15 is 0 Å².